The first-order chi connectivity index (χ1) is 9.13. The minimum Gasteiger partial charge on any atom is -0.469 e. The fourth-order valence-corrected chi connectivity index (χ4v) is 2.39. The maximum atomic E-state index is 11.6. The van der Waals surface area contributed by atoms with E-state index in [2.05, 4.69) is 27.2 Å². The van der Waals surface area contributed by atoms with Gasteiger partial charge in [0, 0.05) is 19.6 Å². The molecule has 1 aromatic heterocycles. The molecule has 1 aliphatic heterocycles. The molecule has 0 bridgehead atoms. The Morgan fingerprint density at radius 3 is 2.89 bits per heavy atom. The van der Waals surface area contributed by atoms with Crippen LogP contribution in [0.5, 0.6) is 0 Å². The molecule has 1 aromatic rings. The third kappa shape index (κ3) is 3.18. The van der Waals surface area contributed by atoms with Crippen LogP contribution in [-0.2, 0) is 16.1 Å². The van der Waals surface area contributed by atoms with Gasteiger partial charge in [-0.25, -0.2) is 10.8 Å². The van der Waals surface area contributed by atoms with Crippen LogP contribution in [0.2, 0.25) is 0 Å². The number of aromatic nitrogens is 2. The number of nitrogen functional groups attached to an aromatic ring is 1. The van der Waals surface area contributed by atoms with Crippen molar-refractivity contribution in [2.45, 2.75) is 13.5 Å². The lowest BCUT2D eigenvalue weighted by Crippen LogP contribution is -2.24. The Morgan fingerprint density at radius 1 is 1.53 bits per heavy atom. The number of carbonyl (C=O) groups excluding carboxylic acids is 1. The Bertz CT molecular complexity index is 436. The van der Waals surface area contributed by atoms with Crippen molar-refractivity contribution in [2.75, 3.05) is 25.6 Å². The highest BCUT2D eigenvalue weighted by atomic mass is 16.5. The van der Waals surface area contributed by atoms with E-state index in [1.165, 1.54) is 7.11 Å². The lowest BCUT2D eigenvalue weighted by atomic mass is 9.99. The molecule has 19 heavy (non-hydrogen) atoms. The van der Waals surface area contributed by atoms with Gasteiger partial charge in [-0.15, -0.1) is 0 Å². The second-order valence-corrected chi connectivity index (χ2v) is 4.84. The number of carbonyl (C=O) groups is 1. The number of anilines is 1. The molecule has 2 heterocycles. The Hall–Kier alpha value is -1.73. The number of nitrogens with zero attached hydrogens (tertiary/aromatic N) is 3. The van der Waals surface area contributed by atoms with Gasteiger partial charge in [-0.2, -0.15) is 0 Å². The van der Waals surface area contributed by atoms with Crippen molar-refractivity contribution in [3.05, 3.63) is 18.1 Å². The van der Waals surface area contributed by atoms with Crippen LogP contribution < -0.4 is 11.3 Å². The average Bonchev–Trinajstić information content (AvgIpc) is 2.79. The number of likely N-dealkylation sites (tertiary alicyclic amines) is 1. The molecule has 2 atom stereocenters. The fraction of sp³-hybridized carbons (Fsp3) is 0.583. The summed E-state index contributed by atoms with van der Waals surface area (Å²) in [4.78, 5) is 22.2. The van der Waals surface area contributed by atoms with Crippen molar-refractivity contribution >= 4 is 11.8 Å². The molecule has 2 unspecified atom stereocenters. The summed E-state index contributed by atoms with van der Waals surface area (Å²) < 4.78 is 4.82. The Morgan fingerprint density at radius 2 is 2.32 bits per heavy atom. The SMILES string of the molecule is COC(=O)C1CN(Cc2cnc(NN)cn2)CC1C. The largest absolute Gasteiger partial charge is 0.469 e. The van der Waals surface area contributed by atoms with Crippen LogP contribution in [0.15, 0.2) is 12.4 Å². The smallest absolute Gasteiger partial charge is 0.310 e. The van der Waals surface area contributed by atoms with E-state index in [-0.39, 0.29) is 11.9 Å². The first-order valence-corrected chi connectivity index (χ1v) is 6.21. The van der Waals surface area contributed by atoms with Crippen molar-refractivity contribution < 1.29 is 9.53 Å². The lowest BCUT2D eigenvalue weighted by molar-refractivity contribution is -0.146. The highest BCUT2D eigenvalue weighted by molar-refractivity contribution is 5.73. The fourth-order valence-electron chi connectivity index (χ4n) is 2.39. The standard InChI is InChI=1S/C12H19N5O2/c1-8-5-17(7-10(8)12(18)19-2)6-9-3-15-11(16-13)4-14-9/h3-4,8,10H,5-7,13H2,1-2H3,(H,15,16). The molecular formula is C12H19N5O2. The van der Waals surface area contributed by atoms with Crippen molar-refractivity contribution in [2.24, 2.45) is 17.7 Å². The zero-order valence-corrected chi connectivity index (χ0v) is 11.2. The number of nitrogens with two attached hydrogens (primary N) is 1. The predicted molar refractivity (Wildman–Crippen MR) is 69.8 cm³/mol. The van der Waals surface area contributed by atoms with E-state index in [1.807, 2.05) is 0 Å². The van der Waals surface area contributed by atoms with Gasteiger partial charge in [-0.1, -0.05) is 6.92 Å². The van der Waals surface area contributed by atoms with Crippen LogP contribution >= 0.6 is 0 Å². The summed E-state index contributed by atoms with van der Waals surface area (Å²) in [6, 6.07) is 0. The van der Waals surface area contributed by atoms with E-state index in [9.17, 15) is 4.79 Å². The third-order valence-corrected chi connectivity index (χ3v) is 3.43. The van der Waals surface area contributed by atoms with Crippen LogP contribution in [0.4, 0.5) is 5.82 Å². The first kappa shape index (κ1) is 13.7. The first-order valence-electron chi connectivity index (χ1n) is 6.21. The van der Waals surface area contributed by atoms with Crippen LogP contribution in [-0.4, -0.2) is 41.0 Å². The number of hydrogen-bond donors (Lipinski definition) is 2. The summed E-state index contributed by atoms with van der Waals surface area (Å²) >= 11 is 0. The summed E-state index contributed by atoms with van der Waals surface area (Å²) in [5.74, 6) is 5.88. The zero-order chi connectivity index (χ0) is 13.8. The van der Waals surface area contributed by atoms with Gasteiger partial charge in [0.25, 0.3) is 0 Å². The van der Waals surface area contributed by atoms with Gasteiger partial charge in [0.2, 0.25) is 0 Å². The average molecular weight is 265 g/mol. The van der Waals surface area contributed by atoms with Crippen molar-refractivity contribution in [3.63, 3.8) is 0 Å². The van der Waals surface area contributed by atoms with E-state index in [0.29, 0.717) is 24.8 Å². The van der Waals surface area contributed by atoms with Gasteiger partial charge in [0.1, 0.15) is 0 Å². The molecule has 1 saturated heterocycles. The number of nitrogens with one attached hydrogen (secondary N) is 1. The monoisotopic (exact) mass is 265 g/mol. The summed E-state index contributed by atoms with van der Waals surface area (Å²) in [7, 11) is 1.43. The topological polar surface area (TPSA) is 93.4 Å². The molecule has 1 aliphatic rings. The number of hydrazine groups is 1. The molecule has 0 radical (unpaired) electrons. The van der Waals surface area contributed by atoms with Gasteiger partial charge in [0.15, 0.2) is 5.82 Å². The van der Waals surface area contributed by atoms with Gasteiger partial charge >= 0.3 is 5.97 Å². The summed E-state index contributed by atoms with van der Waals surface area (Å²) in [5.41, 5.74) is 3.29. The highest BCUT2D eigenvalue weighted by Gasteiger charge is 2.35. The summed E-state index contributed by atoms with van der Waals surface area (Å²) in [5, 5.41) is 0. The predicted octanol–water partition coefficient (Wildman–Crippen LogP) is 0.00310. The molecule has 0 saturated carbocycles. The quantitative estimate of drug-likeness (QED) is 0.449. The third-order valence-electron chi connectivity index (χ3n) is 3.43. The van der Waals surface area contributed by atoms with Crippen molar-refractivity contribution in [1.29, 1.82) is 0 Å². The highest BCUT2D eigenvalue weighted by Crippen LogP contribution is 2.25. The number of methoxy groups -OCH3 is 1. The second kappa shape index (κ2) is 5.94. The Labute approximate surface area is 112 Å². The molecule has 2 rings (SSSR count). The second-order valence-electron chi connectivity index (χ2n) is 4.84. The number of esters is 1. The van der Waals surface area contributed by atoms with E-state index in [1.54, 1.807) is 12.4 Å². The molecule has 7 nitrogen and oxygen atoms in total. The molecular weight excluding hydrogens is 246 g/mol. The number of rotatable bonds is 4. The minimum absolute atomic E-state index is 0.0528. The zero-order valence-electron chi connectivity index (χ0n) is 11.2. The van der Waals surface area contributed by atoms with Gasteiger partial charge in [0.05, 0.1) is 31.1 Å². The van der Waals surface area contributed by atoms with Gasteiger partial charge < -0.3 is 10.2 Å². The van der Waals surface area contributed by atoms with Crippen molar-refractivity contribution in [3.8, 4) is 0 Å². The van der Waals surface area contributed by atoms with Gasteiger partial charge in [-0.05, 0) is 5.92 Å². The minimum atomic E-state index is -0.135. The Kier molecular flexibility index (Phi) is 4.28. The molecule has 0 aromatic carbocycles. The van der Waals surface area contributed by atoms with Crippen LogP contribution in [0.3, 0.4) is 0 Å². The maximum Gasteiger partial charge on any atom is 0.310 e. The number of hydrogen-bond acceptors (Lipinski definition) is 7. The summed E-state index contributed by atoms with van der Waals surface area (Å²) in [6.45, 7) is 4.30. The maximum absolute atomic E-state index is 11.6. The molecule has 104 valence electrons. The van der Waals surface area contributed by atoms with E-state index >= 15 is 0 Å². The normalized spacial score (nSPS) is 23.3. The van der Waals surface area contributed by atoms with E-state index < -0.39 is 0 Å². The van der Waals surface area contributed by atoms with E-state index in [0.717, 1.165) is 12.2 Å². The van der Waals surface area contributed by atoms with Gasteiger partial charge in [-0.3, -0.25) is 14.7 Å². The van der Waals surface area contributed by atoms with E-state index in [4.69, 9.17) is 10.6 Å². The number of ether oxygens (including phenoxy) is 1. The molecule has 0 aliphatic carbocycles. The molecule has 0 spiro atoms. The van der Waals surface area contributed by atoms with Crippen LogP contribution in [0.1, 0.15) is 12.6 Å². The molecule has 3 N–H and O–H groups in total. The molecule has 1 fully saturated rings. The van der Waals surface area contributed by atoms with Crippen LogP contribution in [0.25, 0.3) is 0 Å². The molecule has 7 heteroatoms. The lowest BCUT2D eigenvalue weighted by Gasteiger charge is -2.14. The molecule has 0 amide bonds. The Balaban J connectivity index is 1.95. The van der Waals surface area contributed by atoms with Crippen LogP contribution in [0, 0.1) is 11.8 Å². The van der Waals surface area contributed by atoms with Crippen molar-refractivity contribution in [1.82, 2.24) is 14.9 Å². The summed E-state index contributed by atoms with van der Waals surface area (Å²) in [6.07, 6.45) is 3.28.